The van der Waals surface area contributed by atoms with E-state index in [-0.39, 0.29) is 12.5 Å². The maximum absolute atomic E-state index is 11.7. The average molecular weight is 363 g/mol. The van der Waals surface area contributed by atoms with E-state index < -0.39 is 0 Å². The molecule has 132 valence electrons. The molecular weight excluding hydrogens is 344 g/mol. The van der Waals surface area contributed by atoms with Gasteiger partial charge in [0.1, 0.15) is 0 Å². The van der Waals surface area contributed by atoms with E-state index in [2.05, 4.69) is 10.5 Å². The number of carbonyl (C=O) groups excluding carboxylic acids is 1. The van der Waals surface area contributed by atoms with Gasteiger partial charge in [0.2, 0.25) is 0 Å². The van der Waals surface area contributed by atoms with Gasteiger partial charge < -0.3 is 19.6 Å². The highest BCUT2D eigenvalue weighted by molar-refractivity contribution is 6.30. The molecule has 2 aromatic rings. The first-order valence-electron chi connectivity index (χ1n) is 7.64. The van der Waals surface area contributed by atoms with Crippen LogP contribution in [-0.4, -0.2) is 32.4 Å². The van der Waals surface area contributed by atoms with Crippen LogP contribution in [0.2, 0.25) is 5.02 Å². The molecule has 0 aliphatic heterocycles. The van der Waals surface area contributed by atoms with Crippen molar-refractivity contribution in [2.24, 2.45) is 5.16 Å². The summed E-state index contributed by atoms with van der Waals surface area (Å²) in [5.41, 5.74) is 1.40. The van der Waals surface area contributed by atoms with Gasteiger partial charge in [-0.15, -0.1) is 0 Å². The van der Waals surface area contributed by atoms with Gasteiger partial charge in [-0.25, -0.2) is 0 Å². The molecule has 0 saturated heterocycles. The molecule has 6 nitrogen and oxygen atoms in total. The lowest BCUT2D eigenvalue weighted by molar-refractivity contribution is -0.120. The standard InChI is InChI=1S/C18H19ClN2O4/c1-3-24-16-9-4-13(10-17(16)23-2)11-20-25-12-18(22)21-15-7-5-14(19)6-8-15/h4-11H,3,12H2,1-2H3,(H,21,22)/b20-11-. The van der Waals surface area contributed by atoms with Crippen molar-refractivity contribution in [3.05, 3.63) is 53.1 Å². The maximum atomic E-state index is 11.7. The second-order valence-electron chi connectivity index (χ2n) is 4.91. The Morgan fingerprint density at radius 2 is 1.96 bits per heavy atom. The first-order chi connectivity index (χ1) is 12.1. The Bertz CT molecular complexity index is 732. The molecule has 0 spiro atoms. The lowest BCUT2D eigenvalue weighted by Gasteiger charge is -2.09. The van der Waals surface area contributed by atoms with Crippen LogP contribution in [0.1, 0.15) is 12.5 Å². The Morgan fingerprint density at radius 3 is 2.64 bits per heavy atom. The van der Waals surface area contributed by atoms with Crippen molar-refractivity contribution in [2.45, 2.75) is 6.92 Å². The van der Waals surface area contributed by atoms with E-state index in [1.54, 1.807) is 43.5 Å². The van der Waals surface area contributed by atoms with E-state index in [0.29, 0.717) is 28.8 Å². The van der Waals surface area contributed by atoms with Gasteiger partial charge in [0.25, 0.3) is 5.91 Å². The summed E-state index contributed by atoms with van der Waals surface area (Å²) in [6.45, 7) is 2.25. The van der Waals surface area contributed by atoms with Crippen LogP contribution in [0.15, 0.2) is 47.6 Å². The Morgan fingerprint density at radius 1 is 1.20 bits per heavy atom. The van der Waals surface area contributed by atoms with Crippen LogP contribution in [0.3, 0.4) is 0 Å². The molecule has 0 radical (unpaired) electrons. The molecule has 0 aliphatic rings. The number of oxime groups is 1. The third kappa shape index (κ3) is 6.00. The molecule has 1 N–H and O–H groups in total. The first-order valence-corrected chi connectivity index (χ1v) is 8.01. The second kappa shape index (κ2) is 9.54. The Kier molecular flexibility index (Phi) is 7.10. The summed E-state index contributed by atoms with van der Waals surface area (Å²) in [6, 6.07) is 12.2. The number of nitrogens with one attached hydrogen (secondary N) is 1. The minimum absolute atomic E-state index is 0.201. The molecule has 0 aromatic heterocycles. The molecule has 0 aliphatic carbocycles. The van der Waals surface area contributed by atoms with Gasteiger partial charge in [-0.05, 0) is 49.4 Å². The van der Waals surface area contributed by atoms with E-state index in [1.807, 2.05) is 13.0 Å². The van der Waals surface area contributed by atoms with Crippen LogP contribution in [-0.2, 0) is 9.63 Å². The Labute approximate surface area is 151 Å². The van der Waals surface area contributed by atoms with Crippen molar-refractivity contribution in [1.29, 1.82) is 0 Å². The molecule has 25 heavy (non-hydrogen) atoms. The number of carbonyl (C=O) groups is 1. The number of rotatable bonds is 8. The van der Waals surface area contributed by atoms with Crippen LogP contribution >= 0.6 is 11.6 Å². The van der Waals surface area contributed by atoms with Crippen LogP contribution in [0.25, 0.3) is 0 Å². The summed E-state index contributed by atoms with van der Waals surface area (Å²) in [4.78, 5) is 16.8. The number of nitrogens with zero attached hydrogens (tertiary/aromatic N) is 1. The lowest BCUT2D eigenvalue weighted by atomic mass is 10.2. The molecule has 0 saturated carbocycles. The average Bonchev–Trinajstić information content (AvgIpc) is 2.62. The van der Waals surface area contributed by atoms with Crippen LogP contribution in [0.4, 0.5) is 5.69 Å². The molecule has 0 unspecified atom stereocenters. The summed E-state index contributed by atoms with van der Waals surface area (Å²) >= 11 is 5.78. The Balaban J connectivity index is 1.84. The topological polar surface area (TPSA) is 69.2 Å². The summed E-state index contributed by atoms with van der Waals surface area (Å²) < 4.78 is 10.7. The molecule has 0 heterocycles. The predicted octanol–water partition coefficient (Wildman–Crippen LogP) is 3.74. The molecule has 2 rings (SSSR count). The van der Waals surface area contributed by atoms with Crippen molar-refractivity contribution < 1.29 is 19.1 Å². The second-order valence-corrected chi connectivity index (χ2v) is 5.34. The zero-order valence-electron chi connectivity index (χ0n) is 14.0. The third-order valence-electron chi connectivity index (χ3n) is 3.09. The van der Waals surface area contributed by atoms with Gasteiger partial charge in [0.05, 0.1) is 19.9 Å². The predicted molar refractivity (Wildman–Crippen MR) is 97.8 cm³/mol. The van der Waals surface area contributed by atoms with E-state index in [0.717, 1.165) is 5.56 Å². The van der Waals surface area contributed by atoms with Gasteiger partial charge >= 0.3 is 0 Å². The van der Waals surface area contributed by atoms with Crippen molar-refractivity contribution in [3.8, 4) is 11.5 Å². The molecule has 1 amide bonds. The fourth-order valence-electron chi connectivity index (χ4n) is 1.96. The number of amides is 1. The number of hydrogen-bond acceptors (Lipinski definition) is 5. The smallest absolute Gasteiger partial charge is 0.265 e. The minimum atomic E-state index is -0.316. The van der Waals surface area contributed by atoms with E-state index in [1.165, 1.54) is 6.21 Å². The Hall–Kier alpha value is -2.73. The number of ether oxygens (including phenoxy) is 2. The molecule has 0 bridgehead atoms. The van der Waals surface area contributed by atoms with E-state index in [9.17, 15) is 4.79 Å². The summed E-state index contributed by atoms with van der Waals surface area (Å²) in [7, 11) is 1.57. The number of benzene rings is 2. The highest BCUT2D eigenvalue weighted by Gasteiger charge is 2.05. The van der Waals surface area contributed by atoms with Gasteiger partial charge in [-0.3, -0.25) is 4.79 Å². The molecular formula is C18H19ClN2O4. The maximum Gasteiger partial charge on any atom is 0.265 e. The quantitative estimate of drug-likeness (QED) is 0.573. The van der Waals surface area contributed by atoms with Crippen molar-refractivity contribution in [1.82, 2.24) is 0 Å². The zero-order chi connectivity index (χ0) is 18.1. The monoisotopic (exact) mass is 362 g/mol. The van der Waals surface area contributed by atoms with Gasteiger partial charge in [-0.1, -0.05) is 16.8 Å². The normalized spacial score (nSPS) is 10.5. The summed E-state index contributed by atoms with van der Waals surface area (Å²) in [5, 5.41) is 7.06. The number of hydrogen-bond donors (Lipinski definition) is 1. The van der Waals surface area contributed by atoms with E-state index >= 15 is 0 Å². The largest absolute Gasteiger partial charge is 0.493 e. The van der Waals surface area contributed by atoms with Gasteiger partial charge in [0, 0.05) is 16.3 Å². The molecule has 7 heteroatoms. The van der Waals surface area contributed by atoms with Crippen LogP contribution in [0, 0.1) is 0 Å². The van der Waals surface area contributed by atoms with Crippen molar-refractivity contribution in [3.63, 3.8) is 0 Å². The molecule has 0 atom stereocenters. The molecule has 2 aromatic carbocycles. The van der Waals surface area contributed by atoms with Crippen molar-refractivity contribution >= 4 is 29.4 Å². The minimum Gasteiger partial charge on any atom is -0.493 e. The van der Waals surface area contributed by atoms with Crippen LogP contribution < -0.4 is 14.8 Å². The fourth-order valence-corrected chi connectivity index (χ4v) is 2.09. The number of halogens is 1. The lowest BCUT2D eigenvalue weighted by Crippen LogP contribution is -2.16. The first kappa shape index (κ1) is 18.6. The fraction of sp³-hybridized carbons (Fsp3) is 0.222. The summed E-state index contributed by atoms with van der Waals surface area (Å²) in [5.74, 6) is 0.945. The van der Waals surface area contributed by atoms with E-state index in [4.69, 9.17) is 25.9 Å². The summed E-state index contributed by atoms with van der Waals surface area (Å²) in [6.07, 6.45) is 1.49. The highest BCUT2D eigenvalue weighted by atomic mass is 35.5. The highest BCUT2D eigenvalue weighted by Crippen LogP contribution is 2.27. The third-order valence-corrected chi connectivity index (χ3v) is 3.34. The van der Waals surface area contributed by atoms with Crippen molar-refractivity contribution in [2.75, 3.05) is 25.6 Å². The number of anilines is 1. The SMILES string of the molecule is CCOc1ccc(/C=N\OCC(=O)Nc2ccc(Cl)cc2)cc1OC. The van der Waals surface area contributed by atoms with Crippen LogP contribution in [0.5, 0.6) is 11.5 Å². The number of methoxy groups -OCH3 is 1. The van der Waals surface area contributed by atoms with Gasteiger partial charge in [-0.2, -0.15) is 0 Å². The molecule has 0 fully saturated rings. The zero-order valence-corrected chi connectivity index (χ0v) is 14.7. The van der Waals surface area contributed by atoms with Gasteiger partial charge in [0.15, 0.2) is 18.1 Å².